The maximum absolute atomic E-state index is 5.79. The first kappa shape index (κ1) is 9.34. The average molecular weight is 193 g/mol. The van der Waals surface area contributed by atoms with Gasteiger partial charge in [0.1, 0.15) is 0 Å². The molecule has 0 spiro atoms. The minimum absolute atomic E-state index is 0.327. The van der Waals surface area contributed by atoms with E-state index in [2.05, 4.69) is 6.07 Å². The molecule has 0 unspecified atom stereocenters. The third-order valence-electron chi connectivity index (χ3n) is 2.68. The normalized spacial score (nSPS) is 24.5. The molecule has 2 rings (SSSR count). The van der Waals surface area contributed by atoms with E-state index in [-0.39, 0.29) is 0 Å². The van der Waals surface area contributed by atoms with Crippen LogP contribution in [-0.4, -0.2) is 20.3 Å². The fraction of sp³-hybridized carbons (Fsp3) is 0.455. The third-order valence-corrected chi connectivity index (χ3v) is 2.68. The highest BCUT2D eigenvalue weighted by Crippen LogP contribution is 2.41. The molecule has 1 fully saturated rings. The van der Waals surface area contributed by atoms with E-state index >= 15 is 0 Å². The van der Waals surface area contributed by atoms with Crippen LogP contribution in [0, 0.1) is 0 Å². The Morgan fingerprint density at radius 2 is 1.86 bits per heavy atom. The Balaban J connectivity index is 2.27. The number of hydrogen-bond acceptors (Lipinski definition) is 3. The van der Waals surface area contributed by atoms with E-state index in [0.717, 1.165) is 17.9 Å². The molecular weight excluding hydrogens is 178 g/mol. The number of benzene rings is 1. The average Bonchev–Trinajstić information content (AvgIpc) is 2.94. The SMILES string of the molecule is COc1ccc([C@H]2C[C@@H]2N)cc1OC. The van der Waals surface area contributed by atoms with Crippen LogP contribution >= 0.6 is 0 Å². The zero-order chi connectivity index (χ0) is 10.1. The van der Waals surface area contributed by atoms with E-state index in [1.807, 2.05) is 12.1 Å². The fourth-order valence-electron chi connectivity index (χ4n) is 1.68. The molecule has 2 atom stereocenters. The van der Waals surface area contributed by atoms with Gasteiger partial charge in [0.05, 0.1) is 14.2 Å². The molecule has 0 radical (unpaired) electrons. The lowest BCUT2D eigenvalue weighted by molar-refractivity contribution is 0.354. The van der Waals surface area contributed by atoms with E-state index in [1.54, 1.807) is 14.2 Å². The number of nitrogens with two attached hydrogens (primary N) is 1. The van der Waals surface area contributed by atoms with Crippen LogP contribution in [0.5, 0.6) is 11.5 Å². The zero-order valence-electron chi connectivity index (χ0n) is 8.49. The van der Waals surface area contributed by atoms with Crippen molar-refractivity contribution in [2.75, 3.05) is 14.2 Å². The summed E-state index contributed by atoms with van der Waals surface area (Å²) in [6.45, 7) is 0. The van der Waals surface area contributed by atoms with Crippen molar-refractivity contribution in [1.29, 1.82) is 0 Å². The number of ether oxygens (including phenoxy) is 2. The Morgan fingerprint density at radius 1 is 1.21 bits per heavy atom. The van der Waals surface area contributed by atoms with Gasteiger partial charge in [-0.25, -0.2) is 0 Å². The predicted octanol–water partition coefficient (Wildman–Crippen LogP) is 1.52. The largest absolute Gasteiger partial charge is 0.493 e. The van der Waals surface area contributed by atoms with Gasteiger partial charge in [0.2, 0.25) is 0 Å². The molecular formula is C11H15NO2. The molecule has 1 aliphatic carbocycles. The summed E-state index contributed by atoms with van der Waals surface area (Å²) >= 11 is 0. The van der Waals surface area contributed by atoms with E-state index in [9.17, 15) is 0 Å². The molecule has 1 aliphatic rings. The van der Waals surface area contributed by atoms with Crippen LogP contribution in [-0.2, 0) is 0 Å². The molecule has 3 nitrogen and oxygen atoms in total. The number of methoxy groups -OCH3 is 2. The molecule has 3 heteroatoms. The first-order valence-corrected chi connectivity index (χ1v) is 4.73. The second kappa shape index (κ2) is 3.50. The molecule has 0 saturated heterocycles. The molecule has 0 amide bonds. The molecule has 76 valence electrons. The minimum atomic E-state index is 0.327. The van der Waals surface area contributed by atoms with Gasteiger partial charge in [0.15, 0.2) is 11.5 Å². The van der Waals surface area contributed by atoms with Crippen LogP contribution in [0.3, 0.4) is 0 Å². The van der Waals surface area contributed by atoms with Crippen molar-refractivity contribution in [3.05, 3.63) is 23.8 Å². The van der Waals surface area contributed by atoms with Gasteiger partial charge in [-0.15, -0.1) is 0 Å². The van der Waals surface area contributed by atoms with Crippen LogP contribution in [0.25, 0.3) is 0 Å². The van der Waals surface area contributed by atoms with Crippen LogP contribution in [0.4, 0.5) is 0 Å². The highest BCUT2D eigenvalue weighted by molar-refractivity contribution is 5.45. The van der Waals surface area contributed by atoms with Crippen molar-refractivity contribution in [1.82, 2.24) is 0 Å². The van der Waals surface area contributed by atoms with Gasteiger partial charge >= 0.3 is 0 Å². The van der Waals surface area contributed by atoms with Crippen molar-refractivity contribution in [3.8, 4) is 11.5 Å². The lowest BCUT2D eigenvalue weighted by Gasteiger charge is -2.08. The van der Waals surface area contributed by atoms with E-state index < -0.39 is 0 Å². The maximum Gasteiger partial charge on any atom is 0.160 e. The van der Waals surface area contributed by atoms with E-state index in [4.69, 9.17) is 15.2 Å². The molecule has 1 saturated carbocycles. The van der Waals surface area contributed by atoms with Crippen LogP contribution in [0.2, 0.25) is 0 Å². The van der Waals surface area contributed by atoms with Gasteiger partial charge in [-0.1, -0.05) is 6.07 Å². The Labute approximate surface area is 83.8 Å². The zero-order valence-corrected chi connectivity index (χ0v) is 8.49. The van der Waals surface area contributed by atoms with Crippen LogP contribution in [0.15, 0.2) is 18.2 Å². The maximum atomic E-state index is 5.79. The van der Waals surface area contributed by atoms with Crippen molar-refractivity contribution in [2.45, 2.75) is 18.4 Å². The van der Waals surface area contributed by atoms with Crippen molar-refractivity contribution >= 4 is 0 Å². The number of hydrogen-bond donors (Lipinski definition) is 1. The highest BCUT2D eigenvalue weighted by Gasteiger charge is 2.35. The van der Waals surface area contributed by atoms with E-state index in [1.165, 1.54) is 5.56 Å². The summed E-state index contributed by atoms with van der Waals surface area (Å²) in [5.41, 5.74) is 7.03. The topological polar surface area (TPSA) is 44.5 Å². The van der Waals surface area contributed by atoms with Gasteiger partial charge in [0, 0.05) is 12.0 Å². The monoisotopic (exact) mass is 193 g/mol. The molecule has 0 bridgehead atoms. The third kappa shape index (κ3) is 1.55. The van der Waals surface area contributed by atoms with Crippen molar-refractivity contribution in [2.24, 2.45) is 5.73 Å². The summed E-state index contributed by atoms with van der Waals surface area (Å²) in [5, 5.41) is 0. The summed E-state index contributed by atoms with van der Waals surface area (Å²) in [5.74, 6) is 2.06. The molecule has 0 aliphatic heterocycles. The van der Waals surface area contributed by atoms with Crippen molar-refractivity contribution in [3.63, 3.8) is 0 Å². The van der Waals surface area contributed by atoms with Gasteiger partial charge in [-0.2, -0.15) is 0 Å². The fourth-order valence-corrected chi connectivity index (χ4v) is 1.68. The predicted molar refractivity (Wildman–Crippen MR) is 54.9 cm³/mol. The van der Waals surface area contributed by atoms with Gasteiger partial charge in [-0.3, -0.25) is 0 Å². The second-order valence-corrected chi connectivity index (χ2v) is 3.62. The number of rotatable bonds is 3. The summed E-state index contributed by atoms with van der Waals surface area (Å²) in [6.07, 6.45) is 1.08. The standard InChI is InChI=1S/C11H15NO2/c1-13-10-4-3-7(5-11(10)14-2)8-6-9(8)12/h3-5,8-9H,6,12H2,1-2H3/t8-,9+/m1/s1. The lowest BCUT2D eigenvalue weighted by Crippen LogP contribution is -2.01. The van der Waals surface area contributed by atoms with Crippen molar-refractivity contribution < 1.29 is 9.47 Å². The Kier molecular flexibility index (Phi) is 2.33. The van der Waals surface area contributed by atoms with Gasteiger partial charge in [-0.05, 0) is 24.1 Å². The molecule has 1 aromatic rings. The Bertz CT molecular complexity index is 338. The summed E-state index contributed by atoms with van der Waals surface area (Å²) in [6, 6.07) is 6.32. The first-order chi connectivity index (χ1) is 6.76. The second-order valence-electron chi connectivity index (χ2n) is 3.62. The Hall–Kier alpha value is -1.22. The molecule has 0 aromatic heterocycles. The Morgan fingerprint density at radius 3 is 2.36 bits per heavy atom. The summed E-state index contributed by atoms with van der Waals surface area (Å²) in [4.78, 5) is 0. The van der Waals surface area contributed by atoms with Crippen LogP contribution in [0.1, 0.15) is 17.9 Å². The minimum Gasteiger partial charge on any atom is -0.493 e. The summed E-state index contributed by atoms with van der Waals surface area (Å²) in [7, 11) is 3.29. The molecule has 1 aromatic carbocycles. The van der Waals surface area contributed by atoms with Gasteiger partial charge < -0.3 is 15.2 Å². The summed E-state index contributed by atoms with van der Waals surface area (Å²) < 4.78 is 10.4. The molecule has 14 heavy (non-hydrogen) atoms. The molecule has 0 heterocycles. The lowest BCUT2D eigenvalue weighted by atomic mass is 10.1. The highest BCUT2D eigenvalue weighted by atomic mass is 16.5. The first-order valence-electron chi connectivity index (χ1n) is 4.73. The van der Waals surface area contributed by atoms with E-state index in [0.29, 0.717) is 12.0 Å². The smallest absolute Gasteiger partial charge is 0.160 e. The van der Waals surface area contributed by atoms with Gasteiger partial charge in [0.25, 0.3) is 0 Å². The molecule has 2 N–H and O–H groups in total. The quantitative estimate of drug-likeness (QED) is 0.791. The van der Waals surface area contributed by atoms with Crippen LogP contribution < -0.4 is 15.2 Å².